The van der Waals surface area contributed by atoms with Crippen molar-refractivity contribution in [3.8, 4) is 5.75 Å². The molecule has 0 atom stereocenters. The van der Waals surface area contributed by atoms with Crippen molar-refractivity contribution in [3.05, 3.63) is 27.7 Å². The Balaban J connectivity index is 2.05. The van der Waals surface area contributed by atoms with E-state index in [2.05, 4.69) is 0 Å². The van der Waals surface area contributed by atoms with Gasteiger partial charge in [-0.2, -0.15) is 0 Å². The average molecular weight is 304 g/mol. The molecule has 0 amide bonds. The molecular formula is C14H19Cl2NO2. The lowest BCUT2D eigenvalue weighted by atomic mass is 10.0. The summed E-state index contributed by atoms with van der Waals surface area (Å²) >= 11 is 12.2. The van der Waals surface area contributed by atoms with Gasteiger partial charge >= 0.3 is 0 Å². The third-order valence-corrected chi connectivity index (χ3v) is 3.80. The lowest BCUT2D eigenvalue weighted by Gasteiger charge is -2.23. The molecule has 2 rings (SSSR count). The second-order valence-electron chi connectivity index (χ2n) is 4.78. The van der Waals surface area contributed by atoms with Crippen molar-refractivity contribution in [3.63, 3.8) is 0 Å². The zero-order chi connectivity index (χ0) is 13.7. The maximum Gasteiger partial charge on any atom is 0.141 e. The van der Waals surface area contributed by atoms with Gasteiger partial charge in [0.25, 0.3) is 0 Å². The van der Waals surface area contributed by atoms with Crippen LogP contribution in [-0.2, 0) is 11.2 Å². The Labute approximate surface area is 124 Å². The van der Waals surface area contributed by atoms with Crippen LogP contribution in [-0.4, -0.2) is 26.4 Å². The fourth-order valence-electron chi connectivity index (χ4n) is 2.23. The first-order valence-electron chi connectivity index (χ1n) is 6.59. The Kier molecular flexibility index (Phi) is 5.76. The van der Waals surface area contributed by atoms with E-state index in [1.165, 1.54) is 0 Å². The lowest BCUT2D eigenvalue weighted by Crippen LogP contribution is -2.22. The molecule has 5 heteroatoms. The summed E-state index contributed by atoms with van der Waals surface area (Å²) in [5.41, 5.74) is 6.59. The minimum absolute atomic E-state index is 0.534. The number of benzene rings is 1. The maximum atomic E-state index is 6.21. The number of hydrogen-bond acceptors (Lipinski definition) is 3. The second-order valence-corrected chi connectivity index (χ2v) is 5.62. The Morgan fingerprint density at radius 2 is 2.00 bits per heavy atom. The van der Waals surface area contributed by atoms with Gasteiger partial charge in [-0.1, -0.05) is 23.2 Å². The largest absolute Gasteiger partial charge is 0.491 e. The first kappa shape index (κ1) is 14.9. The predicted octanol–water partition coefficient (Wildman–Crippen LogP) is 3.30. The molecule has 1 aliphatic heterocycles. The Bertz CT molecular complexity index is 420. The molecule has 1 aliphatic rings. The van der Waals surface area contributed by atoms with Crippen LogP contribution in [0.2, 0.25) is 10.0 Å². The summed E-state index contributed by atoms with van der Waals surface area (Å²) in [4.78, 5) is 0. The van der Waals surface area contributed by atoms with Crippen LogP contribution >= 0.6 is 23.2 Å². The Morgan fingerprint density at radius 1 is 1.26 bits per heavy atom. The van der Waals surface area contributed by atoms with Crippen LogP contribution in [0.25, 0.3) is 0 Å². The summed E-state index contributed by atoms with van der Waals surface area (Å²) in [5.74, 6) is 1.26. The van der Waals surface area contributed by atoms with Crippen molar-refractivity contribution in [2.75, 3.05) is 26.4 Å². The lowest BCUT2D eigenvalue weighted by molar-refractivity contribution is 0.0496. The first-order chi connectivity index (χ1) is 9.20. The molecule has 0 radical (unpaired) electrons. The van der Waals surface area contributed by atoms with Crippen LogP contribution in [0.5, 0.6) is 5.75 Å². The van der Waals surface area contributed by atoms with Crippen molar-refractivity contribution in [1.82, 2.24) is 0 Å². The van der Waals surface area contributed by atoms with E-state index in [0.717, 1.165) is 37.4 Å². The van der Waals surface area contributed by atoms with Crippen LogP contribution in [0.4, 0.5) is 0 Å². The van der Waals surface area contributed by atoms with Gasteiger partial charge in [0.1, 0.15) is 5.75 Å². The molecule has 3 nitrogen and oxygen atoms in total. The van der Waals surface area contributed by atoms with E-state index >= 15 is 0 Å². The molecule has 0 saturated carbocycles. The van der Waals surface area contributed by atoms with E-state index in [4.69, 9.17) is 38.4 Å². The molecular weight excluding hydrogens is 285 g/mol. The third kappa shape index (κ3) is 4.25. The van der Waals surface area contributed by atoms with Crippen LogP contribution in [0.15, 0.2) is 12.1 Å². The van der Waals surface area contributed by atoms with E-state index in [-0.39, 0.29) is 0 Å². The summed E-state index contributed by atoms with van der Waals surface area (Å²) in [5, 5.41) is 1.18. The standard InChI is InChI=1S/C14H19Cl2NO2/c15-12-7-11(1-4-17)14(13(16)8-12)19-9-10-2-5-18-6-3-10/h7-8,10H,1-6,9,17H2. The van der Waals surface area contributed by atoms with E-state index in [1.54, 1.807) is 6.07 Å². The number of ether oxygens (including phenoxy) is 2. The van der Waals surface area contributed by atoms with E-state index in [0.29, 0.717) is 35.5 Å². The molecule has 1 aromatic carbocycles. The fraction of sp³-hybridized carbons (Fsp3) is 0.571. The fourth-order valence-corrected chi connectivity index (χ4v) is 2.82. The van der Waals surface area contributed by atoms with Crippen LogP contribution in [0.3, 0.4) is 0 Å². The quantitative estimate of drug-likeness (QED) is 0.908. The molecule has 0 aliphatic carbocycles. The van der Waals surface area contributed by atoms with Crippen LogP contribution < -0.4 is 10.5 Å². The Hall–Kier alpha value is -0.480. The molecule has 2 N–H and O–H groups in total. The SMILES string of the molecule is NCCc1cc(Cl)cc(Cl)c1OCC1CCOCC1. The third-order valence-electron chi connectivity index (χ3n) is 3.30. The topological polar surface area (TPSA) is 44.5 Å². The van der Waals surface area contributed by atoms with Gasteiger partial charge in [0, 0.05) is 18.2 Å². The van der Waals surface area contributed by atoms with E-state index < -0.39 is 0 Å². The monoisotopic (exact) mass is 303 g/mol. The van der Waals surface area contributed by atoms with Gasteiger partial charge in [-0.05, 0) is 49.4 Å². The highest BCUT2D eigenvalue weighted by Gasteiger charge is 2.17. The number of hydrogen-bond donors (Lipinski definition) is 1. The van der Waals surface area contributed by atoms with Gasteiger partial charge < -0.3 is 15.2 Å². The average Bonchev–Trinajstić information content (AvgIpc) is 2.39. The summed E-state index contributed by atoms with van der Waals surface area (Å²) in [6.45, 7) is 2.85. The Morgan fingerprint density at radius 3 is 2.68 bits per heavy atom. The number of nitrogens with two attached hydrogens (primary N) is 1. The van der Waals surface area contributed by atoms with E-state index in [9.17, 15) is 0 Å². The van der Waals surface area contributed by atoms with Crippen LogP contribution in [0.1, 0.15) is 18.4 Å². The molecule has 19 heavy (non-hydrogen) atoms. The van der Waals surface area contributed by atoms with Crippen molar-refractivity contribution in [2.45, 2.75) is 19.3 Å². The molecule has 0 spiro atoms. The van der Waals surface area contributed by atoms with Crippen molar-refractivity contribution in [1.29, 1.82) is 0 Å². The zero-order valence-electron chi connectivity index (χ0n) is 10.8. The van der Waals surface area contributed by atoms with Gasteiger partial charge in [-0.3, -0.25) is 0 Å². The molecule has 1 heterocycles. The van der Waals surface area contributed by atoms with Gasteiger partial charge in [0.05, 0.1) is 11.6 Å². The predicted molar refractivity (Wildman–Crippen MR) is 78.3 cm³/mol. The second kappa shape index (κ2) is 7.34. The highest BCUT2D eigenvalue weighted by molar-refractivity contribution is 6.35. The molecule has 0 unspecified atom stereocenters. The molecule has 1 saturated heterocycles. The highest BCUT2D eigenvalue weighted by atomic mass is 35.5. The van der Waals surface area contributed by atoms with Gasteiger partial charge in [0.15, 0.2) is 0 Å². The van der Waals surface area contributed by atoms with Gasteiger partial charge in [-0.25, -0.2) is 0 Å². The minimum Gasteiger partial charge on any atom is -0.491 e. The molecule has 0 bridgehead atoms. The van der Waals surface area contributed by atoms with Crippen molar-refractivity contribution >= 4 is 23.2 Å². The first-order valence-corrected chi connectivity index (χ1v) is 7.35. The van der Waals surface area contributed by atoms with E-state index in [1.807, 2.05) is 6.07 Å². The van der Waals surface area contributed by atoms with Gasteiger partial charge in [0.2, 0.25) is 0 Å². The highest BCUT2D eigenvalue weighted by Crippen LogP contribution is 2.33. The molecule has 106 valence electrons. The summed E-state index contributed by atoms with van der Waals surface area (Å²) in [7, 11) is 0. The van der Waals surface area contributed by atoms with Gasteiger partial charge in [-0.15, -0.1) is 0 Å². The van der Waals surface area contributed by atoms with Crippen LogP contribution in [0, 0.1) is 5.92 Å². The summed E-state index contributed by atoms with van der Waals surface area (Å²) < 4.78 is 11.3. The minimum atomic E-state index is 0.534. The summed E-state index contributed by atoms with van der Waals surface area (Å²) in [6, 6.07) is 3.59. The smallest absolute Gasteiger partial charge is 0.141 e. The zero-order valence-corrected chi connectivity index (χ0v) is 12.3. The van der Waals surface area contributed by atoms with Crippen molar-refractivity contribution in [2.24, 2.45) is 11.7 Å². The normalized spacial score (nSPS) is 16.6. The maximum absolute atomic E-state index is 6.21. The molecule has 1 aromatic rings. The number of rotatable bonds is 5. The summed E-state index contributed by atoms with van der Waals surface area (Å²) in [6.07, 6.45) is 2.79. The molecule has 0 aromatic heterocycles. The van der Waals surface area contributed by atoms with Crippen molar-refractivity contribution < 1.29 is 9.47 Å². The number of halogens is 2. The molecule has 1 fully saturated rings.